The number of nitrogens with zero attached hydrogens (tertiary/aromatic N) is 2. The van der Waals surface area contributed by atoms with Gasteiger partial charge in [0.1, 0.15) is 0 Å². The van der Waals surface area contributed by atoms with Gasteiger partial charge in [-0.25, -0.2) is 0 Å². The van der Waals surface area contributed by atoms with E-state index in [0.29, 0.717) is 0 Å². The van der Waals surface area contributed by atoms with Crippen molar-refractivity contribution >= 4 is 22.7 Å². The first-order valence-corrected chi connectivity index (χ1v) is 5.73. The molecule has 8 heteroatoms. The summed E-state index contributed by atoms with van der Waals surface area (Å²) in [5.41, 5.74) is 16.1. The van der Waals surface area contributed by atoms with E-state index in [9.17, 15) is 0 Å². The second kappa shape index (κ2) is 20.6. The molecule has 16 heavy (non-hydrogen) atoms. The van der Waals surface area contributed by atoms with E-state index in [1.807, 2.05) is 10.8 Å². The van der Waals surface area contributed by atoms with E-state index in [-0.39, 0.29) is 46.6 Å². The number of nitrogens with one attached hydrogen (secondary N) is 2. The molecule has 0 aliphatic rings. The minimum atomic E-state index is 0. The Morgan fingerprint density at radius 3 is 1.31 bits per heavy atom. The Hall–Kier alpha value is 0.158. The molecule has 2 heterocycles. The van der Waals surface area contributed by atoms with Gasteiger partial charge in [-0.3, -0.25) is 9.97 Å². The molecule has 0 amide bonds. The molecule has 0 unspecified atom stereocenters. The third kappa shape index (κ3) is 19.7. The molecule has 0 spiro atoms. The van der Waals surface area contributed by atoms with Gasteiger partial charge in [0, 0.05) is 23.2 Å². The van der Waals surface area contributed by atoms with Crippen molar-refractivity contribution in [3.8, 4) is 0 Å². The zero-order valence-electron chi connectivity index (χ0n) is 8.28. The maximum atomic E-state index is 6.26. The molecule has 0 aliphatic carbocycles. The number of halogens is 1. The summed E-state index contributed by atoms with van der Waals surface area (Å²) in [7, 11) is 0. The predicted molar refractivity (Wildman–Crippen MR) is 62.6 cm³/mol. The molecule has 0 aromatic carbocycles. The molecule has 2 aromatic heterocycles. The molecule has 0 saturated carbocycles. The first-order chi connectivity index (χ1) is 6.91. The van der Waals surface area contributed by atoms with E-state index in [1.165, 1.54) is 0 Å². The van der Waals surface area contributed by atoms with Crippen molar-refractivity contribution in [2.75, 3.05) is 13.1 Å². The van der Waals surface area contributed by atoms with Crippen LogP contribution >= 0.6 is 22.7 Å². The van der Waals surface area contributed by atoms with Gasteiger partial charge in [0.05, 0.1) is 11.0 Å². The van der Waals surface area contributed by atoms with Crippen LogP contribution in [0.1, 0.15) is 0 Å². The van der Waals surface area contributed by atoms with Gasteiger partial charge in [0.25, 0.3) is 0 Å². The van der Waals surface area contributed by atoms with Crippen LogP contribution < -0.4 is 12.4 Å². The summed E-state index contributed by atoms with van der Waals surface area (Å²) < 4.78 is 0. The summed E-state index contributed by atoms with van der Waals surface area (Å²) in [6.45, 7) is 0.472. The predicted octanol–water partition coefficient (Wildman–Crippen LogP) is 0.378. The molecule has 0 aliphatic heterocycles. The smallest absolute Gasteiger partial charge is 1.00 e. The van der Waals surface area contributed by atoms with Crippen molar-refractivity contribution in [1.82, 2.24) is 9.97 Å². The van der Waals surface area contributed by atoms with E-state index in [1.54, 1.807) is 46.1 Å². The number of aromatic nitrogens is 2. The molecule has 0 atom stereocenters. The Balaban J connectivity index is -0.000000151. The zero-order chi connectivity index (χ0) is 10.5. The first kappa shape index (κ1) is 21.4. The average molecular weight is 459 g/mol. The zero-order valence-corrected chi connectivity index (χ0v) is 12.9. The Morgan fingerprint density at radius 2 is 1.25 bits per heavy atom. The van der Waals surface area contributed by atoms with Crippen LogP contribution in [0.25, 0.3) is 11.5 Å². The van der Waals surface area contributed by atoms with E-state index in [2.05, 4.69) is 9.97 Å². The van der Waals surface area contributed by atoms with Gasteiger partial charge in [-0.1, -0.05) is 0 Å². The van der Waals surface area contributed by atoms with Gasteiger partial charge < -0.3 is 23.9 Å². The monoisotopic (exact) mass is 458 g/mol. The van der Waals surface area contributed by atoms with Crippen molar-refractivity contribution in [2.45, 2.75) is 0 Å². The van der Waals surface area contributed by atoms with Gasteiger partial charge >= 0.3 is 21.1 Å². The van der Waals surface area contributed by atoms with E-state index < -0.39 is 0 Å². The largest absolute Gasteiger partial charge is 4.00 e. The maximum absolute atomic E-state index is 6.26. The van der Waals surface area contributed by atoms with Crippen LogP contribution in [0.3, 0.4) is 0 Å². The summed E-state index contributed by atoms with van der Waals surface area (Å²) in [5, 5.41) is 3.86. The normalized spacial score (nSPS) is 6.88. The van der Waals surface area contributed by atoms with Crippen LogP contribution in [-0.4, -0.2) is 23.1 Å². The molecule has 2 N–H and O–H groups in total. The van der Waals surface area contributed by atoms with Gasteiger partial charge in [0.2, 0.25) is 0 Å². The summed E-state index contributed by atoms with van der Waals surface area (Å²) in [6, 6.07) is 0. The van der Waals surface area contributed by atoms with Gasteiger partial charge in [-0.05, 0) is 0 Å². The number of hydrogen-bond donors (Lipinski definition) is 0. The van der Waals surface area contributed by atoms with Crippen molar-refractivity contribution in [1.29, 1.82) is 0 Å². The number of thiazole rings is 2. The van der Waals surface area contributed by atoms with Gasteiger partial charge in [-0.15, -0.1) is 22.7 Å². The van der Waals surface area contributed by atoms with Crippen LogP contribution in [0.15, 0.2) is 34.2 Å². The molecule has 2 aromatic rings. The Kier molecular flexibility index (Phi) is 27.5. The molecule has 0 radical (unpaired) electrons. The van der Waals surface area contributed by atoms with E-state index >= 15 is 0 Å². The molecule has 0 bridgehead atoms. The fourth-order valence-corrected chi connectivity index (χ4v) is 1.05. The van der Waals surface area contributed by atoms with Crippen LogP contribution in [0.2, 0.25) is 0 Å². The summed E-state index contributed by atoms with van der Waals surface area (Å²) in [4.78, 5) is 7.48. The standard InChI is InChI=1S/2C3H3NS.C2H6N2.ClH.Pt/c2*1-2-5-3-4-1;3-1-2-4;;/h2*1-3H;3-4H,1-2H2;1H;/q;;-2;;+4/p-1. The van der Waals surface area contributed by atoms with Crippen molar-refractivity contribution in [3.63, 3.8) is 0 Å². The Labute approximate surface area is 124 Å². The van der Waals surface area contributed by atoms with E-state index in [4.69, 9.17) is 11.5 Å². The molecule has 0 saturated heterocycles. The molecule has 4 nitrogen and oxygen atoms in total. The number of hydrogen-bond acceptors (Lipinski definition) is 4. The third-order valence-electron chi connectivity index (χ3n) is 0.819. The van der Waals surface area contributed by atoms with Gasteiger partial charge in [-0.2, -0.15) is 13.1 Å². The second-order valence-corrected chi connectivity index (χ2v) is 3.36. The maximum Gasteiger partial charge on any atom is 4.00 e. The fraction of sp³-hybridized carbons (Fsp3) is 0.250. The molecule has 2 rings (SSSR count). The minimum Gasteiger partial charge on any atom is -1.00 e. The van der Waals surface area contributed by atoms with Crippen LogP contribution in [0, 0.1) is 0 Å². The van der Waals surface area contributed by atoms with Gasteiger partial charge in [0.15, 0.2) is 0 Å². The summed E-state index contributed by atoms with van der Waals surface area (Å²) in [5.74, 6) is 0. The Bertz CT molecular complexity index is 192. The van der Waals surface area contributed by atoms with Crippen molar-refractivity contribution in [3.05, 3.63) is 45.6 Å². The molecule has 92 valence electrons. The molecule has 0 fully saturated rings. The number of rotatable bonds is 1. The van der Waals surface area contributed by atoms with Crippen LogP contribution in [-0.2, 0) is 21.1 Å². The summed E-state index contributed by atoms with van der Waals surface area (Å²) >= 11 is 3.20. The average Bonchev–Trinajstić information content (AvgIpc) is 2.94. The minimum absolute atomic E-state index is 0. The molecular weight excluding hydrogens is 447 g/mol. The van der Waals surface area contributed by atoms with Crippen molar-refractivity contribution < 1.29 is 33.5 Å². The van der Waals surface area contributed by atoms with E-state index in [0.717, 1.165) is 0 Å². The summed E-state index contributed by atoms with van der Waals surface area (Å²) in [6.07, 6.45) is 3.54. The third-order valence-corrected chi connectivity index (χ3v) is 1.86. The fourth-order valence-electron chi connectivity index (χ4n) is 0.351. The second-order valence-electron chi connectivity index (χ2n) is 1.85. The quantitative estimate of drug-likeness (QED) is 0.619. The SMILES string of the molecule is [Cl-].[NH-]CC[NH-].[Pt+4].c1cscn1.c1cscn1. The van der Waals surface area contributed by atoms with Crippen LogP contribution in [0.5, 0.6) is 0 Å². The topological polar surface area (TPSA) is 73.4 Å². The Morgan fingerprint density at radius 1 is 0.875 bits per heavy atom. The van der Waals surface area contributed by atoms with Crippen LogP contribution in [0.4, 0.5) is 0 Å². The molecular formula is C8H12ClN4PtS2+. The van der Waals surface area contributed by atoms with Crippen molar-refractivity contribution in [2.24, 2.45) is 0 Å². The first-order valence-electron chi connectivity index (χ1n) is 3.85.